The molecule has 8 nitrogen and oxygen atoms in total. The molecule has 1 heterocycles. The third-order valence-corrected chi connectivity index (χ3v) is 2.82. The number of aryl methyl sites for hydroxylation is 2. The van der Waals surface area contributed by atoms with Crippen molar-refractivity contribution in [3.8, 4) is 0 Å². The molecule has 2 rings (SSSR count). The Morgan fingerprint density at radius 1 is 1.28 bits per heavy atom. The van der Waals surface area contributed by atoms with Crippen LogP contribution in [0.1, 0.15) is 10.4 Å². The van der Waals surface area contributed by atoms with E-state index in [4.69, 9.17) is 5.11 Å². The summed E-state index contributed by atoms with van der Waals surface area (Å²) in [5.74, 6) is -1.40. The van der Waals surface area contributed by atoms with Crippen molar-refractivity contribution in [3.05, 3.63) is 38.3 Å². The van der Waals surface area contributed by atoms with Crippen LogP contribution in [0.5, 0.6) is 0 Å². The normalized spacial score (nSPS) is 10.8. The number of benzene rings is 1. The maximum atomic E-state index is 11.7. The summed E-state index contributed by atoms with van der Waals surface area (Å²) in [5.41, 5.74) is -0.684. The zero-order chi connectivity index (χ0) is 13.6. The van der Waals surface area contributed by atoms with Crippen LogP contribution in [-0.4, -0.2) is 25.1 Å². The van der Waals surface area contributed by atoms with Crippen LogP contribution >= 0.6 is 0 Å². The van der Waals surface area contributed by atoms with Gasteiger partial charge in [0.2, 0.25) is 0 Å². The molecule has 0 atom stereocenters. The Labute approximate surface area is 99.8 Å². The lowest BCUT2D eigenvalue weighted by Gasteiger charge is -2.00. The average Bonchev–Trinajstić information content (AvgIpc) is 2.53. The number of nitrogens with zero attached hydrogens (tertiary/aromatic N) is 3. The Hall–Kier alpha value is -2.64. The molecule has 1 N–H and O–H groups in total. The fourth-order valence-corrected chi connectivity index (χ4v) is 1.86. The fourth-order valence-electron chi connectivity index (χ4n) is 1.86. The zero-order valence-electron chi connectivity index (χ0n) is 9.58. The highest BCUT2D eigenvalue weighted by atomic mass is 16.6. The van der Waals surface area contributed by atoms with Crippen molar-refractivity contribution < 1.29 is 14.8 Å². The van der Waals surface area contributed by atoms with Gasteiger partial charge in [-0.3, -0.25) is 19.2 Å². The van der Waals surface area contributed by atoms with E-state index < -0.39 is 22.1 Å². The molecule has 2 aromatic rings. The molecule has 0 radical (unpaired) electrons. The van der Waals surface area contributed by atoms with Gasteiger partial charge in [-0.1, -0.05) is 0 Å². The van der Waals surface area contributed by atoms with Crippen molar-refractivity contribution in [2.24, 2.45) is 14.1 Å². The van der Waals surface area contributed by atoms with Gasteiger partial charge in [0.05, 0.1) is 16.0 Å². The molecule has 0 amide bonds. The zero-order valence-corrected chi connectivity index (χ0v) is 9.58. The Morgan fingerprint density at radius 3 is 2.22 bits per heavy atom. The Morgan fingerprint density at radius 2 is 1.78 bits per heavy atom. The quantitative estimate of drug-likeness (QED) is 0.617. The highest BCUT2D eigenvalue weighted by molar-refractivity contribution is 5.97. The lowest BCUT2D eigenvalue weighted by molar-refractivity contribution is -0.385. The highest BCUT2D eigenvalue weighted by Crippen LogP contribution is 2.24. The van der Waals surface area contributed by atoms with Crippen molar-refractivity contribution in [1.29, 1.82) is 0 Å². The van der Waals surface area contributed by atoms with Crippen molar-refractivity contribution in [2.45, 2.75) is 0 Å². The molecule has 1 aromatic heterocycles. The molecule has 0 saturated carbocycles. The molecule has 0 saturated heterocycles. The van der Waals surface area contributed by atoms with E-state index in [0.717, 1.165) is 12.1 Å². The van der Waals surface area contributed by atoms with Crippen LogP contribution in [0.2, 0.25) is 0 Å². The van der Waals surface area contributed by atoms with Gasteiger partial charge in [0.25, 0.3) is 5.69 Å². The maximum absolute atomic E-state index is 11.7. The number of carboxylic acid groups (broad SMARTS) is 1. The van der Waals surface area contributed by atoms with Crippen molar-refractivity contribution in [2.75, 3.05) is 0 Å². The molecule has 18 heavy (non-hydrogen) atoms. The van der Waals surface area contributed by atoms with E-state index >= 15 is 0 Å². The van der Waals surface area contributed by atoms with Gasteiger partial charge in [0.15, 0.2) is 0 Å². The van der Waals surface area contributed by atoms with Crippen LogP contribution in [0.15, 0.2) is 16.9 Å². The van der Waals surface area contributed by atoms with E-state index in [2.05, 4.69) is 0 Å². The minimum Gasteiger partial charge on any atom is -0.477 e. The summed E-state index contributed by atoms with van der Waals surface area (Å²) < 4.78 is 2.47. The van der Waals surface area contributed by atoms with E-state index in [1.807, 2.05) is 0 Å². The minimum absolute atomic E-state index is 0.319. The summed E-state index contributed by atoms with van der Waals surface area (Å²) in [7, 11) is 2.94. The van der Waals surface area contributed by atoms with E-state index in [9.17, 15) is 19.7 Å². The number of aromatic carboxylic acids is 1. The Kier molecular flexibility index (Phi) is 2.43. The standard InChI is InChI=1S/C10H9N3O5/c1-11-7-3-5(9(14)15)6(13(17)18)4-8(7)12(2)10(11)16/h3-4H,1-2H3,(H,14,15). The first-order chi connectivity index (χ1) is 8.34. The van der Waals surface area contributed by atoms with E-state index in [1.54, 1.807) is 0 Å². The third-order valence-electron chi connectivity index (χ3n) is 2.82. The van der Waals surface area contributed by atoms with Crippen LogP contribution in [0.3, 0.4) is 0 Å². The van der Waals surface area contributed by atoms with Crippen molar-refractivity contribution >= 4 is 22.7 Å². The summed E-state index contributed by atoms with van der Waals surface area (Å²) in [6.07, 6.45) is 0. The predicted octanol–water partition coefficient (Wildman–Crippen LogP) is 0.483. The number of hydrogen-bond acceptors (Lipinski definition) is 4. The van der Waals surface area contributed by atoms with Crippen LogP contribution in [0, 0.1) is 10.1 Å². The van der Waals surface area contributed by atoms with Crippen molar-refractivity contribution in [3.63, 3.8) is 0 Å². The summed E-state index contributed by atoms with van der Waals surface area (Å²) in [6, 6.07) is 2.23. The van der Waals surface area contributed by atoms with Crippen LogP contribution in [-0.2, 0) is 14.1 Å². The van der Waals surface area contributed by atoms with E-state index in [1.165, 1.54) is 23.2 Å². The van der Waals surface area contributed by atoms with Gasteiger partial charge in [-0.05, 0) is 6.07 Å². The molecular weight excluding hydrogens is 242 g/mol. The largest absolute Gasteiger partial charge is 0.477 e. The third kappa shape index (κ3) is 1.46. The number of carboxylic acids is 1. The molecule has 8 heteroatoms. The van der Waals surface area contributed by atoms with Crippen LogP contribution in [0.25, 0.3) is 11.0 Å². The lowest BCUT2D eigenvalue weighted by Crippen LogP contribution is -2.19. The first-order valence-electron chi connectivity index (χ1n) is 4.91. The first kappa shape index (κ1) is 11.8. The second-order valence-corrected chi connectivity index (χ2v) is 3.82. The molecular formula is C10H9N3O5. The van der Waals surface area contributed by atoms with Gasteiger partial charge >= 0.3 is 11.7 Å². The number of aromatic nitrogens is 2. The highest BCUT2D eigenvalue weighted by Gasteiger charge is 2.23. The minimum atomic E-state index is -1.40. The Bertz CT molecular complexity index is 680. The van der Waals surface area contributed by atoms with Gasteiger partial charge in [-0.15, -0.1) is 0 Å². The van der Waals surface area contributed by atoms with Crippen molar-refractivity contribution in [1.82, 2.24) is 9.13 Å². The molecule has 0 aliphatic carbocycles. The van der Waals surface area contributed by atoms with Gasteiger partial charge < -0.3 is 5.11 Å². The molecule has 94 valence electrons. The monoisotopic (exact) mass is 251 g/mol. The average molecular weight is 251 g/mol. The molecule has 0 bridgehead atoms. The Balaban J connectivity index is 2.98. The number of rotatable bonds is 2. The number of imidazole rings is 1. The predicted molar refractivity (Wildman–Crippen MR) is 61.8 cm³/mol. The maximum Gasteiger partial charge on any atom is 0.342 e. The molecule has 0 fully saturated rings. The number of nitro groups is 1. The lowest BCUT2D eigenvalue weighted by atomic mass is 10.1. The van der Waals surface area contributed by atoms with Gasteiger partial charge in [-0.25, -0.2) is 9.59 Å². The SMILES string of the molecule is Cn1c(=O)n(C)c2cc([N+](=O)[O-])c(C(=O)O)cc21. The number of hydrogen-bond donors (Lipinski definition) is 1. The van der Waals surface area contributed by atoms with Gasteiger partial charge in [-0.2, -0.15) is 0 Å². The number of nitro benzene ring substituents is 1. The molecule has 0 unspecified atom stereocenters. The van der Waals surface area contributed by atoms with Gasteiger partial charge in [0, 0.05) is 20.2 Å². The summed E-state index contributed by atoms with van der Waals surface area (Å²) in [4.78, 5) is 32.7. The van der Waals surface area contributed by atoms with Gasteiger partial charge in [0.1, 0.15) is 5.56 Å². The molecule has 0 spiro atoms. The topological polar surface area (TPSA) is 107 Å². The smallest absolute Gasteiger partial charge is 0.342 e. The first-order valence-corrected chi connectivity index (χ1v) is 4.91. The molecule has 0 aliphatic heterocycles. The number of fused-ring (bicyclic) bond motifs is 1. The summed E-state index contributed by atoms with van der Waals surface area (Å²) >= 11 is 0. The van der Waals surface area contributed by atoms with E-state index in [0.29, 0.717) is 11.0 Å². The molecule has 0 aliphatic rings. The summed E-state index contributed by atoms with van der Waals surface area (Å²) in [5, 5.41) is 19.8. The second-order valence-electron chi connectivity index (χ2n) is 3.82. The molecule has 1 aromatic carbocycles. The van der Waals surface area contributed by atoms with E-state index in [-0.39, 0.29) is 5.69 Å². The fraction of sp³-hybridized carbons (Fsp3) is 0.200. The number of carbonyl (C=O) groups is 1. The second kappa shape index (κ2) is 3.69. The van der Waals surface area contributed by atoms with Crippen LogP contribution < -0.4 is 5.69 Å². The van der Waals surface area contributed by atoms with Crippen LogP contribution in [0.4, 0.5) is 5.69 Å². The summed E-state index contributed by atoms with van der Waals surface area (Å²) in [6.45, 7) is 0.